The lowest BCUT2D eigenvalue weighted by molar-refractivity contribution is 0.0697. The van der Waals surface area contributed by atoms with Gasteiger partial charge in [0, 0.05) is 42.6 Å². The highest BCUT2D eigenvalue weighted by Crippen LogP contribution is 2.48. The Morgan fingerprint density at radius 2 is 1.76 bits per heavy atom. The van der Waals surface area contributed by atoms with E-state index < -0.39 is 5.97 Å². The molecule has 7 rings (SSSR count). The number of carboxylic acids is 1. The van der Waals surface area contributed by atoms with Crippen LogP contribution >= 0.6 is 0 Å². The predicted molar refractivity (Wildman–Crippen MR) is 152 cm³/mol. The van der Waals surface area contributed by atoms with Gasteiger partial charge in [0.1, 0.15) is 5.52 Å². The summed E-state index contributed by atoms with van der Waals surface area (Å²) in [5, 5.41) is 11.0. The number of benzene rings is 2. The zero-order chi connectivity index (χ0) is 25.6. The Morgan fingerprint density at radius 3 is 2.58 bits per heavy atom. The molecule has 7 heteroatoms. The van der Waals surface area contributed by atoms with Gasteiger partial charge in [-0.1, -0.05) is 31.7 Å². The second kappa shape index (κ2) is 9.77. The van der Waals surface area contributed by atoms with Gasteiger partial charge in [-0.05, 0) is 74.5 Å². The lowest BCUT2D eigenvalue weighted by atomic mass is 9.81. The summed E-state index contributed by atoms with van der Waals surface area (Å²) in [5.41, 5.74) is 8.73. The van der Waals surface area contributed by atoms with Crippen molar-refractivity contribution < 1.29 is 9.90 Å². The van der Waals surface area contributed by atoms with E-state index in [1.807, 2.05) is 12.4 Å². The average molecular weight is 512 g/mol. The number of nitrogens with one attached hydrogen (secondary N) is 1. The first-order valence-electron chi connectivity index (χ1n) is 14.5. The molecule has 0 radical (unpaired) electrons. The van der Waals surface area contributed by atoms with Crippen LogP contribution in [0.3, 0.4) is 0 Å². The number of H-pyrrole nitrogens is 1. The van der Waals surface area contributed by atoms with Crippen LogP contribution in [0.15, 0.2) is 36.7 Å². The number of anilines is 1. The summed E-state index contributed by atoms with van der Waals surface area (Å²) < 4.78 is 2.43. The molecule has 1 saturated carbocycles. The highest BCUT2D eigenvalue weighted by molar-refractivity contribution is 6.04. The average Bonchev–Trinajstić information content (AvgIpc) is 3.52. The summed E-state index contributed by atoms with van der Waals surface area (Å²) in [5.74, 6) is -0.363. The van der Waals surface area contributed by atoms with E-state index in [4.69, 9.17) is 4.98 Å². The van der Waals surface area contributed by atoms with Crippen molar-refractivity contribution in [3.05, 3.63) is 47.8 Å². The number of carbonyl (C=O) groups is 1. The van der Waals surface area contributed by atoms with E-state index in [9.17, 15) is 9.90 Å². The first-order valence-corrected chi connectivity index (χ1v) is 14.5. The Labute approximate surface area is 223 Å². The highest BCUT2D eigenvalue weighted by Gasteiger charge is 2.32. The molecule has 4 aromatic rings. The normalized spacial score (nSPS) is 19.0. The quantitative estimate of drug-likeness (QED) is 0.332. The van der Waals surface area contributed by atoms with Crippen molar-refractivity contribution in [2.24, 2.45) is 0 Å². The molecule has 0 bridgehead atoms. The molecule has 2 N–H and O–H groups in total. The monoisotopic (exact) mass is 511 g/mol. The molecule has 2 fully saturated rings. The van der Waals surface area contributed by atoms with Gasteiger partial charge in [-0.2, -0.15) is 0 Å². The van der Waals surface area contributed by atoms with E-state index in [0.29, 0.717) is 11.5 Å². The molecule has 198 valence electrons. The van der Waals surface area contributed by atoms with Crippen LogP contribution in [-0.2, 0) is 6.54 Å². The number of likely N-dealkylation sites (tertiary alicyclic amines) is 1. The summed E-state index contributed by atoms with van der Waals surface area (Å²) >= 11 is 0. The third-order valence-electron chi connectivity index (χ3n) is 9.23. The van der Waals surface area contributed by atoms with Crippen LogP contribution in [0.1, 0.15) is 73.2 Å². The Bertz CT molecular complexity index is 1490. The van der Waals surface area contributed by atoms with Crippen molar-refractivity contribution >= 4 is 33.6 Å². The molecule has 38 heavy (non-hydrogen) atoms. The first-order chi connectivity index (χ1) is 18.7. The van der Waals surface area contributed by atoms with Crippen LogP contribution in [0, 0.1) is 0 Å². The van der Waals surface area contributed by atoms with Crippen molar-refractivity contribution in [2.75, 3.05) is 37.6 Å². The molecule has 0 spiro atoms. The maximum Gasteiger partial charge on any atom is 0.335 e. The number of carboxylic acid groups (broad SMARTS) is 1. The second-order valence-corrected chi connectivity index (χ2v) is 11.4. The van der Waals surface area contributed by atoms with Gasteiger partial charge >= 0.3 is 5.97 Å². The Morgan fingerprint density at radius 1 is 0.947 bits per heavy atom. The van der Waals surface area contributed by atoms with Crippen molar-refractivity contribution in [1.29, 1.82) is 0 Å². The van der Waals surface area contributed by atoms with Gasteiger partial charge in [0.05, 0.1) is 28.8 Å². The van der Waals surface area contributed by atoms with E-state index in [1.54, 1.807) is 6.07 Å². The number of piperidine rings is 1. The molecule has 7 nitrogen and oxygen atoms in total. The molecule has 0 unspecified atom stereocenters. The Kier molecular flexibility index (Phi) is 6.11. The number of aromatic carboxylic acids is 1. The molecule has 3 aliphatic rings. The summed E-state index contributed by atoms with van der Waals surface area (Å²) in [6.07, 6.45) is 12.0. The van der Waals surface area contributed by atoms with Crippen LogP contribution in [-0.4, -0.2) is 63.2 Å². The molecule has 2 aliphatic heterocycles. The van der Waals surface area contributed by atoms with Crippen LogP contribution in [0.2, 0.25) is 0 Å². The van der Waals surface area contributed by atoms with Crippen molar-refractivity contribution in [2.45, 2.75) is 63.8 Å². The number of rotatable bonds is 5. The number of hydrogen-bond acceptors (Lipinski definition) is 4. The van der Waals surface area contributed by atoms with Crippen LogP contribution in [0.4, 0.5) is 5.69 Å². The largest absolute Gasteiger partial charge is 0.478 e. The van der Waals surface area contributed by atoms with Gasteiger partial charge in [0.2, 0.25) is 0 Å². The fraction of sp³-hybridized carbons (Fsp3) is 0.484. The lowest BCUT2D eigenvalue weighted by Gasteiger charge is -2.31. The minimum absolute atomic E-state index is 0.363. The maximum absolute atomic E-state index is 12.0. The smallest absolute Gasteiger partial charge is 0.335 e. The topological polar surface area (TPSA) is 77.4 Å². The molecule has 1 saturated heterocycles. The Hall–Kier alpha value is -3.32. The van der Waals surface area contributed by atoms with Gasteiger partial charge < -0.3 is 24.5 Å². The van der Waals surface area contributed by atoms with E-state index in [-0.39, 0.29) is 0 Å². The zero-order valence-electron chi connectivity index (χ0n) is 22.1. The third kappa shape index (κ3) is 3.99. The van der Waals surface area contributed by atoms with E-state index in [2.05, 4.69) is 37.5 Å². The van der Waals surface area contributed by atoms with Crippen LogP contribution < -0.4 is 4.90 Å². The van der Waals surface area contributed by atoms with Gasteiger partial charge in [0.15, 0.2) is 0 Å². The fourth-order valence-electron chi connectivity index (χ4n) is 7.34. The lowest BCUT2D eigenvalue weighted by Crippen LogP contribution is -2.38. The zero-order valence-corrected chi connectivity index (χ0v) is 22.1. The summed E-state index contributed by atoms with van der Waals surface area (Å²) in [7, 11) is 0. The van der Waals surface area contributed by atoms with Gasteiger partial charge in [-0.25, -0.2) is 9.78 Å². The fourth-order valence-corrected chi connectivity index (χ4v) is 7.34. The second-order valence-electron chi connectivity index (χ2n) is 11.4. The number of aromatic nitrogens is 3. The van der Waals surface area contributed by atoms with E-state index in [1.165, 1.54) is 92.4 Å². The van der Waals surface area contributed by atoms with E-state index >= 15 is 0 Å². The standard InChI is InChI=1S/C31H37N5O2/c37-31(38)22-9-10-23-26(19-22)36-18-17-35(16-15-34-13-5-2-6-14-34)30-24(11-12-25-28(30)33-20-32-25)29(36)27(23)21-7-3-1-4-8-21/h9-12,19-21H,1-8,13-18H2,(H,32,33)(H,37,38). The Balaban J connectivity index is 1.42. The van der Waals surface area contributed by atoms with Gasteiger partial charge in [0.25, 0.3) is 0 Å². The SMILES string of the molecule is O=C(O)c1ccc2c(C3CCCCC3)c3n(c2c1)CCN(CCN1CCCCC1)c1c-3ccc2[nH]cnc12. The summed E-state index contributed by atoms with van der Waals surface area (Å²) in [4.78, 5) is 25.3. The van der Waals surface area contributed by atoms with E-state index in [0.717, 1.165) is 42.7 Å². The highest BCUT2D eigenvalue weighted by atomic mass is 16.4. The number of aromatic amines is 1. The summed E-state index contributed by atoms with van der Waals surface area (Å²) in [6, 6.07) is 10.2. The number of hydrogen-bond donors (Lipinski definition) is 2. The molecule has 0 atom stereocenters. The first kappa shape index (κ1) is 23.8. The van der Waals surface area contributed by atoms with Gasteiger partial charge in [-0.3, -0.25) is 0 Å². The number of nitrogens with zero attached hydrogens (tertiary/aromatic N) is 4. The van der Waals surface area contributed by atoms with Crippen molar-refractivity contribution in [1.82, 2.24) is 19.4 Å². The molecule has 2 aromatic carbocycles. The maximum atomic E-state index is 12.0. The van der Waals surface area contributed by atoms with Crippen molar-refractivity contribution in [3.63, 3.8) is 0 Å². The van der Waals surface area contributed by atoms with Crippen LogP contribution in [0.25, 0.3) is 33.2 Å². The molecule has 0 amide bonds. The third-order valence-corrected chi connectivity index (χ3v) is 9.23. The predicted octanol–water partition coefficient (Wildman–Crippen LogP) is 6.24. The molecule has 4 heterocycles. The molecular weight excluding hydrogens is 474 g/mol. The number of fused-ring (bicyclic) bond motifs is 7. The minimum atomic E-state index is -0.864. The van der Waals surface area contributed by atoms with Gasteiger partial charge in [-0.15, -0.1) is 0 Å². The van der Waals surface area contributed by atoms with Crippen LogP contribution in [0.5, 0.6) is 0 Å². The number of imidazole rings is 1. The molecular formula is C31H37N5O2. The molecule has 1 aliphatic carbocycles. The minimum Gasteiger partial charge on any atom is -0.478 e. The molecule has 2 aromatic heterocycles. The van der Waals surface area contributed by atoms with Crippen molar-refractivity contribution in [3.8, 4) is 11.3 Å². The summed E-state index contributed by atoms with van der Waals surface area (Å²) in [6.45, 7) is 6.14.